The molecule has 0 bridgehead atoms. The highest BCUT2D eigenvalue weighted by molar-refractivity contribution is 6.23. The molecule has 1 fully saturated rings. The molecular weight excluding hydrogens is 410 g/mol. The molecule has 2 aliphatic rings. The summed E-state index contributed by atoms with van der Waals surface area (Å²) in [5, 5.41) is 2.20. The maximum atomic E-state index is 12.8. The van der Waals surface area contributed by atoms with E-state index in [-0.39, 0.29) is 29.9 Å². The van der Waals surface area contributed by atoms with Crippen LogP contribution in [-0.2, 0) is 9.59 Å². The van der Waals surface area contributed by atoms with Crippen molar-refractivity contribution >= 4 is 23.6 Å². The van der Waals surface area contributed by atoms with E-state index in [4.69, 9.17) is 10.5 Å². The van der Waals surface area contributed by atoms with E-state index in [1.165, 1.54) is 38.5 Å². The standard InChI is InChI=1S/C24H33N3O5/c25-14-8-6-4-2-1-3-5-7-9-15-32-17-10-11-18-19(16-17)24(31)27(23(18)30)20-12-13-21(28)26-22(20)29/h10-11,16,20H,1-9,12-15,25H2,(H,26,28,29). The van der Waals surface area contributed by atoms with Crippen molar-refractivity contribution < 1.29 is 23.9 Å². The van der Waals surface area contributed by atoms with Gasteiger partial charge in [-0.05, 0) is 44.0 Å². The Bertz CT molecular complexity index is 854. The van der Waals surface area contributed by atoms with Crippen molar-refractivity contribution in [2.75, 3.05) is 13.2 Å². The molecule has 32 heavy (non-hydrogen) atoms. The zero-order chi connectivity index (χ0) is 22.9. The Kier molecular flexibility index (Phi) is 8.79. The molecule has 0 saturated carbocycles. The third kappa shape index (κ3) is 5.94. The Morgan fingerprint density at radius 2 is 1.50 bits per heavy atom. The van der Waals surface area contributed by atoms with Crippen molar-refractivity contribution in [3.63, 3.8) is 0 Å². The van der Waals surface area contributed by atoms with Crippen molar-refractivity contribution in [1.29, 1.82) is 0 Å². The fourth-order valence-corrected chi connectivity index (χ4v) is 4.21. The summed E-state index contributed by atoms with van der Waals surface area (Å²) in [7, 11) is 0. The number of nitrogens with two attached hydrogens (primary N) is 1. The lowest BCUT2D eigenvalue weighted by Gasteiger charge is -2.27. The van der Waals surface area contributed by atoms with Gasteiger partial charge in [0.2, 0.25) is 11.8 Å². The molecule has 2 heterocycles. The molecule has 1 saturated heterocycles. The van der Waals surface area contributed by atoms with Crippen molar-refractivity contribution in [3.8, 4) is 5.75 Å². The van der Waals surface area contributed by atoms with Gasteiger partial charge in [0.05, 0.1) is 17.7 Å². The van der Waals surface area contributed by atoms with Gasteiger partial charge in [-0.25, -0.2) is 0 Å². The first-order valence-electron chi connectivity index (χ1n) is 11.7. The van der Waals surface area contributed by atoms with Gasteiger partial charge in [0.25, 0.3) is 11.8 Å². The lowest BCUT2D eigenvalue weighted by Crippen LogP contribution is -2.54. The number of fused-ring (bicyclic) bond motifs is 1. The molecule has 174 valence electrons. The normalized spacial score (nSPS) is 18.2. The molecule has 1 atom stereocenters. The van der Waals surface area contributed by atoms with Crippen LogP contribution in [0.25, 0.3) is 0 Å². The number of piperidine rings is 1. The lowest BCUT2D eigenvalue weighted by atomic mass is 10.0. The number of hydrogen-bond acceptors (Lipinski definition) is 6. The van der Waals surface area contributed by atoms with Crippen LogP contribution in [-0.4, -0.2) is 47.7 Å². The molecule has 3 rings (SSSR count). The summed E-state index contributed by atoms with van der Waals surface area (Å²) in [4.78, 5) is 50.0. The first-order valence-corrected chi connectivity index (χ1v) is 11.7. The third-order valence-corrected chi connectivity index (χ3v) is 6.03. The zero-order valence-corrected chi connectivity index (χ0v) is 18.6. The van der Waals surface area contributed by atoms with Crippen LogP contribution in [0, 0.1) is 0 Å². The molecule has 0 aliphatic carbocycles. The number of ether oxygens (including phenoxy) is 1. The summed E-state index contributed by atoms with van der Waals surface area (Å²) in [5.74, 6) is -1.48. The summed E-state index contributed by atoms with van der Waals surface area (Å²) in [6.07, 6.45) is 10.8. The van der Waals surface area contributed by atoms with Gasteiger partial charge in [-0.15, -0.1) is 0 Å². The molecular formula is C24H33N3O5. The second kappa shape index (κ2) is 11.8. The molecule has 4 amide bonds. The van der Waals surface area contributed by atoms with Gasteiger partial charge in [0.15, 0.2) is 0 Å². The zero-order valence-electron chi connectivity index (χ0n) is 18.6. The molecule has 0 aromatic heterocycles. The number of benzene rings is 1. The van der Waals surface area contributed by atoms with Crippen molar-refractivity contribution in [2.24, 2.45) is 5.73 Å². The van der Waals surface area contributed by atoms with Gasteiger partial charge in [-0.2, -0.15) is 0 Å². The highest BCUT2D eigenvalue weighted by atomic mass is 16.5. The van der Waals surface area contributed by atoms with Crippen LogP contribution >= 0.6 is 0 Å². The van der Waals surface area contributed by atoms with Gasteiger partial charge in [-0.1, -0.05) is 44.9 Å². The average molecular weight is 444 g/mol. The summed E-state index contributed by atoms with van der Waals surface area (Å²) in [5.41, 5.74) is 6.00. The van der Waals surface area contributed by atoms with E-state index >= 15 is 0 Å². The first kappa shape index (κ1) is 23.9. The number of unbranched alkanes of at least 4 members (excludes halogenated alkanes) is 8. The van der Waals surface area contributed by atoms with Gasteiger partial charge in [0, 0.05) is 6.42 Å². The fraction of sp³-hybridized carbons (Fsp3) is 0.583. The van der Waals surface area contributed by atoms with Gasteiger partial charge >= 0.3 is 0 Å². The van der Waals surface area contributed by atoms with Crippen LogP contribution in [0.3, 0.4) is 0 Å². The Morgan fingerprint density at radius 1 is 0.875 bits per heavy atom. The summed E-state index contributed by atoms with van der Waals surface area (Å²) in [6.45, 7) is 1.33. The van der Waals surface area contributed by atoms with Crippen LogP contribution in [0.2, 0.25) is 0 Å². The van der Waals surface area contributed by atoms with E-state index in [1.54, 1.807) is 18.2 Å². The number of imide groups is 2. The summed E-state index contributed by atoms with van der Waals surface area (Å²) < 4.78 is 5.78. The fourth-order valence-electron chi connectivity index (χ4n) is 4.21. The molecule has 1 aromatic rings. The number of rotatable bonds is 13. The summed E-state index contributed by atoms with van der Waals surface area (Å²) in [6, 6.07) is 3.87. The predicted octanol–water partition coefficient (Wildman–Crippen LogP) is 2.94. The van der Waals surface area contributed by atoms with Crippen LogP contribution in [0.5, 0.6) is 5.75 Å². The second-order valence-electron chi connectivity index (χ2n) is 8.47. The SMILES string of the molecule is NCCCCCCCCCCCOc1ccc2c(c1)C(=O)N(C1CCC(=O)NC1=O)C2=O. The van der Waals surface area contributed by atoms with E-state index in [0.717, 1.165) is 30.7 Å². The van der Waals surface area contributed by atoms with E-state index in [0.29, 0.717) is 12.4 Å². The molecule has 8 nitrogen and oxygen atoms in total. The monoisotopic (exact) mass is 443 g/mol. The van der Waals surface area contributed by atoms with Gasteiger partial charge in [-0.3, -0.25) is 29.4 Å². The van der Waals surface area contributed by atoms with Gasteiger partial charge < -0.3 is 10.5 Å². The second-order valence-corrected chi connectivity index (χ2v) is 8.47. The van der Waals surface area contributed by atoms with E-state index < -0.39 is 23.8 Å². The molecule has 3 N–H and O–H groups in total. The van der Waals surface area contributed by atoms with Crippen molar-refractivity contribution in [2.45, 2.75) is 76.7 Å². The molecule has 0 spiro atoms. The van der Waals surface area contributed by atoms with E-state index in [1.807, 2.05) is 0 Å². The minimum atomic E-state index is -0.954. The Balaban J connectivity index is 1.42. The number of carbonyl (C=O) groups is 4. The van der Waals surface area contributed by atoms with Crippen LogP contribution in [0.15, 0.2) is 18.2 Å². The van der Waals surface area contributed by atoms with Crippen LogP contribution in [0.4, 0.5) is 0 Å². The molecule has 2 aliphatic heterocycles. The topological polar surface area (TPSA) is 119 Å². The number of hydrogen-bond donors (Lipinski definition) is 2. The number of nitrogens with zero attached hydrogens (tertiary/aromatic N) is 1. The maximum absolute atomic E-state index is 12.8. The Labute approximate surface area is 188 Å². The number of nitrogens with one attached hydrogen (secondary N) is 1. The minimum Gasteiger partial charge on any atom is -0.494 e. The highest BCUT2D eigenvalue weighted by Gasteiger charge is 2.44. The predicted molar refractivity (Wildman–Crippen MR) is 119 cm³/mol. The van der Waals surface area contributed by atoms with Gasteiger partial charge in [0.1, 0.15) is 11.8 Å². The number of amides is 4. The molecule has 8 heteroatoms. The molecule has 1 aromatic carbocycles. The van der Waals surface area contributed by atoms with E-state index in [2.05, 4.69) is 5.32 Å². The third-order valence-electron chi connectivity index (χ3n) is 6.03. The van der Waals surface area contributed by atoms with Crippen molar-refractivity contribution in [3.05, 3.63) is 29.3 Å². The minimum absolute atomic E-state index is 0.104. The maximum Gasteiger partial charge on any atom is 0.262 e. The quantitative estimate of drug-likeness (QED) is 0.357. The van der Waals surface area contributed by atoms with Crippen LogP contribution < -0.4 is 15.8 Å². The molecule has 1 unspecified atom stereocenters. The Morgan fingerprint density at radius 3 is 2.16 bits per heavy atom. The number of carbonyl (C=O) groups excluding carboxylic acids is 4. The average Bonchev–Trinajstić information content (AvgIpc) is 3.02. The molecule has 0 radical (unpaired) electrons. The highest BCUT2D eigenvalue weighted by Crippen LogP contribution is 2.30. The largest absolute Gasteiger partial charge is 0.494 e. The summed E-state index contributed by atoms with van der Waals surface area (Å²) >= 11 is 0. The van der Waals surface area contributed by atoms with E-state index in [9.17, 15) is 19.2 Å². The lowest BCUT2D eigenvalue weighted by molar-refractivity contribution is -0.136. The Hall–Kier alpha value is -2.74. The smallest absolute Gasteiger partial charge is 0.262 e. The van der Waals surface area contributed by atoms with Crippen LogP contribution in [0.1, 0.15) is 91.3 Å². The van der Waals surface area contributed by atoms with Crippen molar-refractivity contribution in [1.82, 2.24) is 10.2 Å². The first-order chi connectivity index (χ1) is 15.5.